The highest BCUT2D eigenvalue weighted by Gasteiger charge is 2.17. The molecule has 0 amide bonds. The molecule has 1 aromatic carbocycles. The van der Waals surface area contributed by atoms with Crippen molar-refractivity contribution in [2.75, 3.05) is 5.32 Å². The van der Waals surface area contributed by atoms with Crippen LogP contribution in [0.2, 0.25) is 0 Å². The van der Waals surface area contributed by atoms with Gasteiger partial charge in [0.15, 0.2) is 5.96 Å². The Morgan fingerprint density at radius 1 is 1.23 bits per heavy atom. The molecule has 0 bridgehead atoms. The normalized spacial score (nSPS) is 12.5. The van der Waals surface area contributed by atoms with E-state index in [0.717, 1.165) is 16.4 Å². The fourth-order valence-corrected chi connectivity index (χ4v) is 3.02. The topological polar surface area (TPSA) is 63.3 Å². The van der Waals surface area contributed by atoms with E-state index in [2.05, 4.69) is 68.1 Å². The molecule has 4 nitrogen and oxygen atoms in total. The van der Waals surface area contributed by atoms with Crippen molar-refractivity contribution in [2.24, 2.45) is 10.7 Å². The molecule has 1 aromatic heterocycles. The van der Waals surface area contributed by atoms with Crippen LogP contribution in [0.25, 0.3) is 0 Å². The molecule has 0 aliphatic carbocycles. The van der Waals surface area contributed by atoms with Crippen molar-refractivity contribution in [1.29, 1.82) is 0 Å². The van der Waals surface area contributed by atoms with E-state index in [-0.39, 0.29) is 5.41 Å². The van der Waals surface area contributed by atoms with Crippen molar-refractivity contribution in [1.82, 2.24) is 4.98 Å². The van der Waals surface area contributed by atoms with Crippen molar-refractivity contribution < 1.29 is 0 Å². The van der Waals surface area contributed by atoms with Crippen molar-refractivity contribution in [2.45, 2.75) is 46.6 Å². The van der Waals surface area contributed by atoms with Gasteiger partial charge in [-0.25, -0.2) is 9.98 Å². The molecule has 0 unspecified atom stereocenters. The van der Waals surface area contributed by atoms with Gasteiger partial charge in [-0.2, -0.15) is 0 Å². The molecule has 1 heterocycles. The summed E-state index contributed by atoms with van der Waals surface area (Å²) in [7, 11) is 0. The average Bonchev–Trinajstić information content (AvgIpc) is 2.83. The van der Waals surface area contributed by atoms with Crippen LogP contribution in [0.5, 0.6) is 0 Å². The van der Waals surface area contributed by atoms with Gasteiger partial charge < -0.3 is 11.1 Å². The molecule has 22 heavy (non-hydrogen) atoms. The lowest BCUT2D eigenvalue weighted by Crippen LogP contribution is -2.22. The maximum Gasteiger partial charge on any atom is 0.193 e. The first-order valence-corrected chi connectivity index (χ1v) is 8.22. The minimum atomic E-state index is 0.0789. The monoisotopic (exact) mass is 316 g/mol. The third-order valence-electron chi connectivity index (χ3n) is 3.10. The number of nitrogens with one attached hydrogen (secondary N) is 1. The Balaban J connectivity index is 2.02. The zero-order chi connectivity index (χ0) is 16.3. The maximum absolute atomic E-state index is 5.96. The van der Waals surface area contributed by atoms with Crippen molar-refractivity contribution in [3.05, 3.63) is 45.4 Å². The molecule has 3 N–H and O–H groups in total. The number of thiazole rings is 1. The van der Waals surface area contributed by atoms with Crippen LogP contribution < -0.4 is 11.1 Å². The smallest absolute Gasteiger partial charge is 0.193 e. The molecule has 0 spiro atoms. The quantitative estimate of drug-likeness (QED) is 0.665. The number of benzene rings is 1. The minimum absolute atomic E-state index is 0.0789. The van der Waals surface area contributed by atoms with Gasteiger partial charge in [0.05, 0.1) is 17.2 Å². The number of nitrogens with two attached hydrogens (primary N) is 1. The summed E-state index contributed by atoms with van der Waals surface area (Å²) in [4.78, 5) is 8.99. The van der Waals surface area contributed by atoms with Crippen LogP contribution in [0.3, 0.4) is 0 Å². The van der Waals surface area contributed by atoms with Crippen LogP contribution in [0.15, 0.2) is 28.6 Å². The number of guanidine groups is 1. The number of aromatic nitrogens is 1. The van der Waals surface area contributed by atoms with E-state index in [0.29, 0.717) is 12.5 Å². The number of anilines is 1. The Kier molecular flexibility index (Phi) is 4.86. The molecule has 0 saturated heterocycles. The summed E-state index contributed by atoms with van der Waals surface area (Å²) in [6.07, 6.45) is 0. The van der Waals surface area contributed by atoms with Gasteiger partial charge in [-0.3, -0.25) is 0 Å². The van der Waals surface area contributed by atoms with Crippen LogP contribution in [0.4, 0.5) is 5.69 Å². The van der Waals surface area contributed by atoms with E-state index >= 15 is 0 Å². The second kappa shape index (κ2) is 6.48. The predicted molar refractivity (Wildman–Crippen MR) is 95.7 cm³/mol. The fourth-order valence-electron chi connectivity index (χ4n) is 2.12. The number of rotatable bonds is 3. The summed E-state index contributed by atoms with van der Waals surface area (Å²) in [6, 6.07) is 6.23. The minimum Gasteiger partial charge on any atom is -0.370 e. The van der Waals surface area contributed by atoms with Gasteiger partial charge in [-0.05, 0) is 37.1 Å². The molecule has 0 saturated carbocycles. The zero-order valence-electron chi connectivity index (χ0n) is 13.9. The number of nitrogens with zero attached hydrogens (tertiary/aromatic N) is 2. The second-order valence-electron chi connectivity index (χ2n) is 6.60. The first-order chi connectivity index (χ1) is 10.2. The Morgan fingerprint density at radius 2 is 1.86 bits per heavy atom. The molecule has 2 aromatic rings. The van der Waals surface area contributed by atoms with E-state index in [1.807, 2.05) is 5.38 Å². The number of aryl methyl sites for hydroxylation is 2. The molecule has 0 atom stereocenters. The molecule has 0 fully saturated rings. The molecular weight excluding hydrogens is 292 g/mol. The molecule has 118 valence electrons. The molecule has 0 aliphatic rings. The van der Waals surface area contributed by atoms with Crippen molar-refractivity contribution >= 4 is 23.0 Å². The van der Waals surface area contributed by atoms with E-state index in [1.54, 1.807) is 11.3 Å². The molecular formula is C17H24N4S. The lowest BCUT2D eigenvalue weighted by molar-refractivity contribution is 0.583. The summed E-state index contributed by atoms with van der Waals surface area (Å²) in [5, 5.41) is 6.31. The number of hydrogen-bond acceptors (Lipinski definition) is 3. The van der Waals surface area contributed by atoms with Gasteiger partial charge in [0.25, 0.3) is 0 Å². The van der Waals surface area contributed by atoms with E-state index in [9.17, 15) is 0 Å². The van der Waals surface area contributed by atoms with Crippen molar-refractivity contribution in [3.8, 4) is 0 Å². The Labute approximate surface area is 136 Å². The second-order valence-corrected chi connectivity index (χ2v) is 7.45. The Morgan fingerprint density at radius 3 is 2.41 bits per heavy atom. The highest BCUT2D eigenvalue weighted by atomic mass is 32.1. The predicted octanol–water partition coefficient (Wildman–Crippen LogP) is 3.98. The van der Waals surface area contributed by atoms with Crippen molar-refractivity contribution in [3.63, 3.8) is 0 Å². The summed E-state index contributed by atoms with van der Waals surface area (Å²) in [5.41, 5.74) is 10.4. The maximum atomic E-state index is 5.96. The standard InChI is InChI=1S/C17H24N4S/c1-11-6-12(2)8-13(7-11)21-16(18)19-9-14-10-22-15(20-14)17(3,4)5/h6-8,10H,9H2,1-5H3,(H3,18,19,21). The van der Waals surface area contributed by atoms with Gasteiger partial charge in [0.1, 0.15) is 0 Å². The summed E-state index contributed by atoms with van der Waals surface area (Å²) in [6.45, 7) is 11.1. The van der Waals surface area contributed by atoms with Gasteiger partial charge in [-0.15, -0.1) is 11.3 Å². The van der Waals surface area contributed by atoms with E-state index < -0.39 is 0 Å². The average molecular weight is 316 g/mol. The zero-order valence-corrected chi connectivity index (χ0v) is 14.7. The fraction of sp³-hybridized carbons (Fsp3) is 0.412. The SMILES string of the molecule is Cc1cc(C)cc(NC(N)=NCc2csc(C(C)(C)C)n2)c1. The van der Waals surface area contributed by atoms with Gasteiger partial charge in [-0.1, -0.05) is 26.8 Å². The van der Waals surface area contributed by atoms with Gasteiger partial charge >= 0.3 is 0 Å². The lowest BCUT2D eigenvalue weighted by Gasteiger charge is -2.13. The van der Waals surface area contributed by atoms with Crippen LogP contribution in [0, 0.1) is 13.8 Å². The van der Waals surface area contributed by atoms with Crippen LogP contribution in [-0.2, 0) is 12.0 Å². The number of hydrogen-bond donors (Lipinski definition) is 2. The molecule has 0 aliphatic heterocycles. The largest absolute Gasteiger partial charge is 0.370 e. The highest BCUT2D eigenvalue weighted by Crippen LogP contribution is 2.25. The Hall–Kier alpha value is -1.88. The highest BCUT2D eigenvalue weighted by molar-refractivity contribution is 7.09. The third-order valence-corrected chi connectivity index (χ3v) is 4.42. The summed E-state index contributed by atoms with van der Waals surface area (Å²) >= 11 is 1.67. The van der Waals surface area contributed by atoms with Gasteiger partial charge in [0, 0.05) is 16.5 Å². The summed E-state index contributed by atoms with van der Waals surface area (Å²) < 4.78 is 0. The molecule has 2 rings (SSSR count). The Bertz CT molecular complexity index is 660. The number of aliphatic imine (C=N–C) groups is 1. The van der Waals surface area contributed by atoms with Crippen LogP contribution in [-0.4, -0.2) is 10.9 Å². The van der Waals surface area contributed by atoms with Crippen LogP contribution in [0.1, 0.15) is 42.6 Å². The van der Waals surface area contributed by atoms with Crippen LogP contribution >= 0.6 is 11.3 Å². The van der Waals surface area contributed by atoms with E-state index in [4.69, 9.17) is 5.73 Å². The molecule has 0 radical (unpaired) electrons. The summed E-state index contributed by atoms with van der Waals surface area (Å²) in [5.74, 6) is 0.412. The van der Waals surface area contributed by atoms with Gasteiger partial charge in [0.2, 0.25) is 0 Å². The first-order valence-electron chi connectivity index (χ1n) is 7.34. The van der Waals surface area contributed by atoms with E-state index in [1.165, 1.54) is 11.1 Å². The third kappa shape index (κ3) is 4.56. The first kappa shape index (κ1) is 16.5. The lowest BCUT2D eigenvalue weighted by atomic mass is 9.98. The molecule has 5 heteroatoms.